The molecule has 0 radical (unpaired) electrons. The van der Waals surface area contributed by atoms with Crippen molar-refractivity contribution in [3.63, 3.8) is 0 Å². The molecule has 1 aliphatic rings. The second kappa shape index (κ2) is 10.4. The molecule has 2 aromatic carbocycles. The van der Waals surface area contributed by atoms with Crippen molar-refractivity contribution in [1.29, 1.82) is 0 Å². The van der Waals surface area contributed by atoms with Crippen molar-refractivity contribution < 1.29 is 33.5 Å². The van der Waals surface area contributed by atoms with Gasteiger partial charge in [0.2, 0.25) is 0 Å². The summed E-state index contributed by atoms with van der Waals surface area (Å²) in [6, 6.07) is 21.7. The summed E-state index contributed by atoms with van der Waals surface area (Å²) in [7, 11) is -4.19. The first-order valence-electron chi connectivity index (χ1n) is 8.75. The summed E-state index contributed by atoms with van der Waals surface area (Å²) in [5, 5.41) is 0. The molecule has 0 unspecified atom stereocenters. The van der Waals surface area contributed by atoms with Gasteiger partial charge in [-0.15, -0.1) is 0 Å². The van der Waals surface area contributed by atoms with Gasteiger partial charge in [-0.25, -0.2) is 4.58 Å². The maximum atomic E-state index is 8.83. The number of hydrogen-bond acceptors (Lipinski definition) is 4. The molecule has 0 amide bonds. The molecule has 0 saturated heterocycles. The Bertz CT molecular complexity index is 626. The maximum absolute atomic E-state index is 8.83. The van der Waals surface area contributed by atoms with E-state index in [1.54, 1.807) is 5.71 Å². The Hall–Kier alpha value is -1.76. The van der Waals surface area contributed by atoms with E-state index in [1.807, 2.05) is 0 Å². The second-order valence-electron chi connectivity index (χ2n) is 6.39. The van der Waals surface area contributed by atoms with Crippen LogP contribution in [0.25, 0.3) is 0 Å². The SMILES string of the molecule is [O-][Cl+](O)(O)O.c1ccc(C[N+](Cc2ccccc2)=C2CCCCC2)cc1. The van der Waals surface area contributed by atoms with Crippen LogP contribution in [0.15, 0.2) is 60.7 Å². The van der Waals surface area contributed by atoms with Gasteiger partial charge in [0.25, 0.3) is 0 Å². The van der Waals surface area contributed by atoms with Gasteiger partial charge in [0.15, 0.2) is 18.8 Å². The third-order valence-corrected chi connectivity index (χ3v) is 4.31. The summed E-state index contributed by atoms with van der Waals surface area (Å²) in [4.78, 5) is 0. The van der Waals surface area contributed by atoms with Crippen LogP contribution < -0.4 is 4.66 Å². The van der Waals surface area contributed by atoms with Crippen LogP contribution in [0, 0.1) is 10.2 Å². The van der Waals surface area contributed by atoms with Crippen LogP contribution in [-0.2, 0) is 13.1 Å². The van der Waals surface area contributed by atoms with Crippen molar-refractivity contribution in [1.82, 2.24) is 0 Å². The molecule has 26 heavy (non-hydrogen) atoms. The van der Waals surface area contributed by atoms with Crippen LogP contribution >= 0.6 is 0 Å². The zero-order valence-electron chi connectivity index (χ0n) is 14.8. The molecule has 5 nitrogen and oxygen atoms in total. The molecule has 0 atom stereocenters. The third kappa shape index (κ3) is 8.56. The van der Waals surface area contributed by atoms with Gasteiger partial charge in [-0.1, -0.05) is 67.1 Å². The van der Waals surface area contributed by atoms with Gasteiger partial charge >= 0.3 is 28.9 Å². The van der Waals surface area contributed by atoms with E-state index in [2.05, 4.69) is 65.2 Å². The Labute approximate surface area is 156 Å². The second-order valence-corrected chi connectivity index (χ2v) is 7.26. The van der Waals surface area contributed by atoms with Gasteiger partial charge in [-0.2, -0.15) is 0 Å². The summed E-state index contributed by atoms with van der Waals surface area (Å²) in [5.74, 6) is 0. The molecular weight excluding hydrogens is 354 g/mol. The molecule has 2 aromatic rings. The Morgan fingerprint density at radius 2 is 1.12 bits per heavy atom. The molecule has 0 aromatic heterocycles. The van der Waals surface area contributed by atoms with Gasteiger partial charge in [0.05, 0.1) is 0 Å². The molecule has 0 aliphatic heterocycles. The molecule has 1 saturated carbocycles. The van der Waals surface area contributed by atoms with E-state index < -0.39 is 10.2 Å². The van der Waals surface area contributed by atoms with Gasteiger partial charge in [0.1, 0.15) is 0 Å². The molecule has 3 N–H and O–H groups in total. The van der Waals surface area contributed by atoms with Gasteiger partial charge < -0.3 is 0 Å². The van der Waals surface area contributed by atoms with Crippen molar-refractivity contribution in [3.05, 3.63) is 71.8 Å². The molecule has 0 spiro atoms. The number of rotatable bonds is 4. The Morgan fingerprint density at radius 3 is 1.50 bits per heavy atom. The van der Waals surface area contributed by atoms with Crippen LogP contribution in [0.1, 0.15) is 43.2 Å². The van der Waals surface area contributed by atoms with Crippen LogP contribution in [0.2, 0.25) is 0 Å². The van der Waals surface area contributed by atoms with Crippen molar-refractivity contribution >= 4 is 5.71 Å². The zero-order valence-corrected chi connectivity index (χ0v) is 15.6. The van der Waals surface area contributed by atoms with E-state index in [0.29, 0.717) is 0 Å². The zero-order chi connectivity index (χ0) is 18.8. The molecule has 3 rings (SSSR count). The van der Waals surface area contributed by atoms with E-state index >= 15 is 0 Å². The third-order valence-electron chi connectivity index (χ3n) is 4.31. The monoisotopic (exact) mass is 380 g/mol. The largest absolute Gasteiger partial charge is 0.228 e. The summed E-state index contributed by atoms with van der Waals surface area (Å²) < 4.78 is 32.8. The van der Waals surface area contributed by atoms with Crippen molar-refractivity contribution in [2.75, 3.05) is 0 Å². The minimum Gasteiger partial charge on any atom is -0.228 e. The first kappa shape index (κ1) is 20.6. The number of nitrogens with zero attached hydrogens (tertiary/aromatic N) is 1. The van der Waals surface area contributed by atoms with Crippen molar-refractivity contribution in [3.8, 4) is 0 Å². The fourth-order valence-electron chi connectivity index (χ4n) is 3.16. The number of benzene rings is 2. The van der Waals surface area contributed by atoms with Crippen LogP contribution in [-0.4, -0.2) is 24.3 Å². The smallest absolute Gasteiger partial charge is 0.168 e. The van der Waals surface area contributed by atoms with E-state index in [9.17, 15) is 0 Å². The van der Waals surface area contributed by atoms with E-state index in [-0.39, 0.29) is 0 Å². The Balaban J connectivity index is 0.000000431. The molecule has 0 bridgehead atoms. The van der Waals surface area contributed by atoms with E-state index in [1.165, 1.54) is 43.2 Å². The first-order valence-corrected chi connectivity index (χ1v) is 10.1. The molecule has 0 heterocycles. The topological polar surface area (TPSA) is 86.8 Å². The van der Waals surface area contributed by atoms with E-state index in [4.69, 9.17) is 18.6 Å². The Kier molecular flexibility index (Phi) is 8.22. The average molecular weight is 381 g/mol. The fraction of sp³-hybridized carbons (Fsp3) is 0.350. The van der Waals surface area contributed by atoms with Crippen LogP contribution in [0.3, 0.4) is 0 Å². The predicted octanol–water partition coefficient (Wildman–Crippen LogP) is 1.94. The summed E-state index contributed by atoms with van der Waals surface area (Å²) in [6.07, 6.45) is 6.66. The fourth-order valence-corrected chi connectivity index (χ4v) is 3.16. The minimum atomic E-state index is -4.19. The van der Waals surface area contributed by atoms with E-state index in [0.717, 1.165) is 13.1 Å². The van der Waals surface area contributed by atoms with Gasteiger partial charge in [0, 0.05) is 24.0 Å². The summed E-state index contributed by atoms with van der Waals surface area (Å²) >= 11 is 0. The normalized spacial score (nSPS) is 15.0. The number of hydrogen-bond donors (Lipinski definition) is 3. The number of halogens is 1. The predicted molar refractivity (Wildman–Crippen MR) is 95.3 cm³/mol. The minimum absolute atomic E-state index is 1.03. The van der Waals surface area contributed by atoms with Crippen LogP contribution in [0.4, 0.5) is 0 Å². The molecule has 1 fully saturated rings. The van der Waals surface area contributed by atoms with Crippen LogP contribution in [0.5, 0.6) is 0 Å². The molecule has 1 aliphatic carbocycles. The van der Waals surface area contributed by atoms with Crippen molar-refractivity contribution in [2.45, 2.75) is 45.2 Å². The van der Waals surface area contributed by atoms with Gasteiger partial charge in [-0.05, 0) is 12.8 Å². The summed E-state index contributed by atoms with van der Waals surface area (Å²) in [5.41, 5.74) is 4.46. The van der Waals surface area contributed by atoms with Crippen molar-refractivity contribution in [2.24, 2.45) is 0 Å². The molecule has 142 valence electrons. The average Bonchev–Trinajstić information content (AvgIpc) is 2.62. The standard InChI is InChI=1S/C20H24N.ClH3O4/c1-4-10-18(11-5-1)16-21(20-14-8-3-9-15-20)17-19-12-6-2-7-13-19;2-1(3,4)5/h1-2,4-7,10-13H,3,8-9,14-17H2;2-4H/q+1;. The molecular formula is C20H27ClNO4+. The Morgan fingerprint density at radius 1 is 0.731 bits per heavy atom. The maximum Gasteiger partial charge on any atom is 0.168 e. The summed E-state index contributed by atoms with van der Waals surface area (Å²) in [6.45, 7) is 2.07. The molecule has 6 heteroatoms. The first-order chi connectivity index (χ1) is 12.4. The quantitative estimate of drug-likeness (QED) is 0.707. The van der Waals surface area contributed by atoms with Gasteiger partial charge in [-0.3, -0.25) is 0 Å².